The number of piperidine rings is 1. The van der Waals surface area contributed by atoms with Crippen LogP contribution in [-0.4, -0.2) is 66.0 Å². The zero-order valence-corrected chi connectivity index (χ0v) is 12.2. The third-order valence-corrected chi connectivity index (χ3v) is 4.56. The van der Waals surface area contributed by atoms with Crippen molar-refractivity contribution >= 4 is 6.03 Å². The predicted molar refractivity (Wildman–Crippen MR) is 73.6 cm³/mol. The van der Waals surface area contributed by atoms with E-state index in [0.29, 0.717) is 18.0 Å². The Morgan fingerprint density at radius 2 is 1.61 bits per heavy atom. The molecule has 2 fully saturated rings. The Bertz CT molecular complexity index is 295. The molecule has 0 aromatic carbocycles. The van der Waals surface area contributed by atoms with E-state index in [1.165, 1.54) is 6.42 Å². The molecule has 2 saturated heterocycles. The van der Waals surface area contributed by atoms with Crippen molar-refractivity contribution in [2.75, 3.05) is 33.2 Å². The van der Waals surface area contributed by atoms with Crippen molar-refractivity contribution in [1.29, 1.82) is 0 Å². The van der Waals surface area contributed by atoms with Gasteiger partial charge in [-0.05, 0) is 39.7 Å². The van der Waals surface area contributed by atoms with Gasteiger partial charge in [-0.15, -0.1) is 0 Å². The minimum atomic E-state index is 0.258. The summed E-state index contributed by atoms with van der Waals surface area (Å²) in [5.74, 6) is 0.657. The molecular formula is C14H27N3O. The van der Waals surface area contributed by atoms with Crippen molar-refractivity contribution < 1.29 is 4.79 Å². The standard InChI is InChI=1S/C14H27N3O/c1-11-6-5-7-16(8-11)14(18)17-9-12(2)15(4)13(3)10-17/h11-13H,5-10H2,1-4H3. The number of amides is 2. The third kappa shape index (κ3) is 2.79. The van der Waals surface area contributed by atoms with Crippen LogP contribution in [0.25, 0.3) is 0 Å². The molecule has 4 nitrogen and oxygen atoms in total. The van der Waals surface area contributed by atoms with E-state index >= 15 is 0 Å². The van der Waals surface area contributed by atoms with Gasteiger partial charge < -0.3 is 9.80 Å². The van der Waals surface area contributed by atoms with Crippen molar-refractivity contribution in [2.45, 2.75) is 45.7 Å². The van der Waals surface area contributed by atoms with Gasteiger partial charge in [-0.2, -0.15) is 0 Å². The van der Waals surface area contributed by atoms with Gasteiger partial charge in [-0.1, -0.05) is 6.92 Å². The van der Waals surface area contributed by atoms with E-state index in [9.17, 15) is 4.79 Å². The summed E-state index contributed by atoms with van der Waals surface area (Å²) in [6.45, 7) is 10.3. The summed E-state index contributed by atoms with van der Waals surface area (Å²) in [4.78, 5) is 19.0. The van der Waals surface area contributed by atoms with Crippen LogP contribution in [0.4, 0.5) is 4.79 Å². The maximum Gasteiger partial charge on any atom is 0.320 e. The van der Waals surface area contributed by atoms with Gasteiger partial charge in [0.1, 0.15) is 0 Å². The Balaban J connectivity index is 1.96. The predicted octanol–water partition coefficient (Wildman–Crippen LogP) is 1.86. The topological polar surface area (TPSA) is 26.8 Å². The number of nitrogens with zero attached hydrogens (tertiary/aromatic N) is 3. The second-order valence-corrected chi connectivity index (χ2v) is 6.24. The molecular weight excluding hydrogens is 226 g/mol. The number of rotatable bonds is 0. The highest BCUT2D eigenvalue weighted by atomic mass is 16.2. The number of piperazine rings is 1. The van der Waals surface area contributed by atoms with Crippen LogP contribution >= 0.6 is 0 Å². The monoisotopic (exact) mass is 253 g/mol. The molecule has 0 N–H and O–H groups in total. The van der Waals surface area contributed by atoms with Crippen LogP contribution in [0.3, 0.4) is 0 Å². The number of hydrogen-bond donors (Lipinski definition) is 0. The van der Waals surface area contributed by atoms with Crippen LogP contribution in [0.15, 0.2) is 0 Å². The molecule has 2 heterocycles. The van der Waals surface area contributed by atoms with Crippen LogP contribution in [0.1, 0.15) is 33.6 Å². The zero-order valence-electron chi connectivity index (χ0n) is 12.2. The maximum absolute atomic E-state index is 12.5. The van der Waals surface area contributed by atoms with E-state index in [0.717, 1.165) is 32.6 Å². The molecule has 0 aliphatic carbocycles. The molecule has 0 radical (unpaired) electrons. The average Bonchev–Trinajstić information content (AvgIpc) is 2.34. The number of carbonyl (C=O) groups is 1. The highest BCUT2D eigenvalue weighted by molar-refractivity contribution is 5.74. The second-order valence-electron chi connectivity index (χ2n) is 6.24. The summed E-state index contributed by atoms with van der Waals surface area (Å²) in [6.07, 6.45) is 2.42. The Hall–Kier alpha value is -0.770. The molecule has 2 aliphatic heterocycles. The summed E-state index contributed by atoms with van der Waals surface area (Å²) < 4.78 is 0. The van der Waals surface area contributed by atoms with Crippen molar-refractivity contribution in [3.05, 3.63) is 0 Å². The minimum absolute atomic E-state index is 0.258. The first-order chi connectivity index (χ1) is 8.49. The number of likely N-dealkylation sites (tertiary alicyclic amines) is 1. The van der Waals surface area contributed by atoms with E-state index in [1.807, 2.05) is 4.90 Å². The molecule has 2 rings (SSSR count). The molecule has 2 amide bonds. The highest BCUT2D eigenvalue weighted by Gasteiger charge is 2.32. The highest BCUT2D eigenvalue weighted by Crippen LogP contribution is 2.20. The molecule has 18 heavy (non-hydrogen) atoms. The molecule has 0 bridgehead atoms. The van der Waals surface area contributed by atoms with Gasteiger partial charge in [-0.3, -0.25) is 4.90 Å². The fourth-order valence-electron chi connectivity index (χ4n) is 3.12. The van der Waals surface area contributed by atoms with Crippen molar-refractivity contribution in [2.24, 2.45) is 5.92 Å². The molecule has 0 aromatic rings. The first-order valence-electron chi connectivity index (χ1n) is 7.24. The van der Waals surface area contributed by atoms with Gasteiger partial charge >= 0.3 is 6.03 Å². The lowest BCUT2D eigenvalue weighted by Crippen LogP contribution is -2.59. The molecule has 0 saturated carbocycles. The summed E-state index contributed by atoms with van der Waals surface area (Å²) in [6, 6.07) is 1.17. The van der Waals surface area contributed by atoms with Gasteiger partial charge in [0.15, 0.2) is 0 Å². The van der Waals surface area contributed by atoms with Crippen LogP contribution in [0, 0.1) is 5.92 Å². The fourth-order valence-corrected chi connectivity index (χ4v) is 3.12. The first kappa shape index (κ1) is 13.7. The van der Waals surface area contributed by atoms with Crippen molar-refractivity contribution in [3.63, 3.8) is 0 Å². The zero-order chi connectivity index (χ0) is 13.3. The molecule has 104 valence electrons. The van der Waals surface area contributed by atoms with Crippen LogP contribution in [0.2, 0.25) is 0 Å². The smallest absolute Gasteiger partial charge is 0.320 e. The lowest BCUT2D eigenvalue weighted by atomic mass is 10.0. The maximum atomic E-state index is 12.5. The average molecular weight is 253 g/mol. The van der Waals surface area contributed by atoms with Crippen LogP contribution in [0.5, 0.6) is 0 Å². The summed E-state index contributed by atoms with van der Waals surface area (Å²) in [5.41, 5.74) is 0. The van der Waals surface area contributed by atoms with Crippen LogP contribution in [-0.2, 0) is 0 Å². The first-order valence-corrected chi connectivity index (χ1v) is 7.24. The fraction of sp³-hybridized carbons (Fsp3) is 0.929. The lowest BCUT2D eigenvalue weighted by Gasteiger charge is -2.44. The molecule has 3 atom stereocenters. The second kappa shape index (κ2) is 5.47. The van der Waals surface area contributed by atoms with E-state index in [-0.39, 0.29) is 6.03 Å². The van der Waals surface area contributed by atoms with E-state index in [2.05, 4.69) is 37.6 Å². The Morgan fingerprint density at radius 1 is 1.00 bits per heavy atom. The van der Waals surface area contributed by atoms with Crippen molar-refractivity contribution in [1.82, 2.24) is 14.7 Å². The third-order valence-electron chi connectivity index (χ3n) is 4.56. The Kier molecular flexibility index (Phi) is 4.15. The van der Waals surface area contributed by atoms with Gasteiger partial charge in [0.2, 0.25) is 0 Å². The van der Waals surface area contributed by atoms with E-state index in [4.69, 9.17) is 0 Å². The van der Waals surface area contributed by atoms with E-state index < -0.39 is 0 Å². The minimum Gasteiger partial charge on any atom is -0.324 e. The van der Waals surface area contributed by atoms with E-state index in [1.54, 1.807) is 0 Å². The number of hydrogen-bond acceptors (Lipinski definition) is 2. The summed E-state index contributed by atoms with van der Waals surface area (Å²) >= 11 is 0. The van der Waals surface area contributed by atoms with Crippen LogP contribution < -0.4 is 0 Å². The lowest BCUT2D eigenvalue weighted by molar-refractivity contribution is 0.0572. The van der Waals surface area contributed by atoms with Gasteiger partial charge in [0, 0.05) is 38.3 Å². The Morgan fingerprint density at radius 3 is 2.17 bits per heavy atom. The van der Waals surface area contributed by atoms with Gasteiger partial charge in [-0.25, -0.2) is 4.79 Å². The quantitative estimate of drug-likeness (QED) is 0.659. The largest absolute Gasteiger partial charge is 0.324 e. The number of likely N-dealkylation sites (N-methyl/N-ethyl adjacent to an activating group) is 1. The van der Waals surface area contributed by atoms with Crippen molar-refractivity contribution in [3.8, 4) is 0 Å². The summed E-state index contributed by atoms with van der Waals surface area (Å²) in [5, 5.41) is 0. The molecule has 4 heteroatoms. The van der Waals surface area contributed by atoms with Gasteiger partial charge in [0.25, 0.3) is 0 Å². The molecule has 0 spiro atoms. The molecule has 3 unspecified atom stereocenters. The molecule has 2 aliphatic rings. The normalized spacial score (nSPS) is 34.8. The SMILES string of the molecule is CC1CCCN(C(=O)N2CC(C)N(C)C(C)C2)C1. The Labute approximate surface area is 111 Å². The summed E-state index contributed by atoms with van der Waals surface area (Å²) in [7, 11) is 2.15. The van der Waals surface area contributed by atoms with Gasteiger partial charge in [0.05, 0.1) is 0 Å². The number of urea groups is 1. The molecule has 0 aromatic heterocycles. The number of carbonyl (C=O) groups excluding carboxylic acids is 1.